The number of amides is 1. The van der Waals surface area contributed by atoms with Crippen LogP contribution in [0.5, 0.6) is 0 Å². The molecule has 1 rings (SSSR count). The molecular weight excluding hydrogens is 243 g/mol. The van der Waals surface area contributed by atoms with E-state index in [1.54, 1.807) is 18.2 Å². The van der Waals surface area contributed by atoms with Crippen LogP contribution in [0.4, 0.5) is 4.39 Å². The number of hydrogen-bond donors (Lipinski definition) is 1. The third kappa shape index (κ3) is 5.83. The van der Waals surface area contributed by atoms with E-state index in [-0.39, 0.29) is 18.3 Å². The van der Waals surface area contributed by atoms with Crippen molar-refractivity contribution in [3.8, 4) is 0 Å². The maximum absolute atomic E-state index is 13.4. The Kier molecular flexibility index (Phi) is 7.11. The fraction of sp³-hybridized carbons (Fsp3) is 0.533. The lowest BCUT2D eigenvalue weighted by molar-refractivity contribution is -0.122. The zero-order chi connectivity index (χ0) is 14.1. The monoisotopic (exact) mass is 266 g/mol. The molecule has 0 aliphatic rings. The maximum atomic E-state index is 13.4. The molecule has 0 aliphatic carbocycles. The minimum absolute atomic E-state index is 0.0508. The highest BCUT2D eigenvalue weighted by Gasteiger charge is 2.09. The Labute approximate surface area is 114 Å². The summed E-state index contributed by atoms with van der Waals surface area (Å²) in [6.45, 7) is 6.66. The molecule has 106 valence electrons. The summed E-state index contributed by atoms with van der Waals surface area (Å²) in [6.07, 6.45) is 2.06. The minimum atomic E-state index is -0.276. The van der Waals surface area contributed by atoms with Gasteiger partial charge in [-0.25, -0.2) is 4.39 Å². The highest BCUT2D eigenvalue weighted by molar-refractivity contribution is 5.78. The van der Waals surface area contributed by atoms with E-state index in [9.17, 15) is 9.18 Å². The largest absolute Gasteiger partial charge is 0.351 e. The Hall–Kier alpha value is -1.42. The van der Waals surface area contributed by atoms with E-state index in [1.165, 1.54) is 6.07 Å². The van der Waals surface area contributed by atoms with Crippen molar-refractivity contribution in [2.45, 2.75) is 33.2 Å². The first-order valence-electron chi connectivity index (χ1n) is 6.89. The summed E-state index contributed by atoms with van der Waals surface area (Å²) in [7, 11) is 0. The van der Waals surface area contributed by atoms with Crippen molar-refractivity contribution in [2.24, 2.45) is 0 Å². The Bertz CT molecular complexity index is 389. The zero-order valence-corrected chi connectivity index (χ0v) is 11.8. The highest BCUT2D eigenvalue weighted by Crippen LogP contribution is 2.05. The number of hydrogen-bond acceptors (Lipinski definition) is 2. The molecule has 0 aromatic heterocycles. The van der Waals surface area contributed by atoms with Gasteiger partial charge in [0.25, 0.3) is 0 Å². The molecule has 1 amide bonds. The summed E-state index contributed by atoms with van der Waals surface area (Å²) in [5.41, 5.74) is 0.522. The molecule has 4 heteroatoms. The molecule has 0 saturated carbocycles. The lowest BCUT2D eigenvalue weighted by Gasteiger charge is -2.20. The summed E-state index contributed by atoms with van der Waals surface area (Å²) in [6, 6.07) is 6.50. The summed E-state index contributed by atoms with van der Waals surface area (Å²) in [4.78, 5) is 13.9. The molecule has 0 unspecified atom stereocenters. The van der Waals surface area contributed by atoms with E-state index in [0.717, 1.165) is 25.9 Å². The molecule has 1 aromatic rings. The topological polar surface area (TPSA) is 32.3 Å². The summed E-state index contributed by atoms with van der Waals surface area (Å²) < 4.78 is 13.4. The molecule has 1 aromatic carbocycles. The van der Waals surface area contributed by atoms with Crippen molar-refractivity contribution in [3.05, 3.63) is 35.6 Å². The second kappa shape index (κ2) is 8.64. The molecular formula is C15H23FN2O. The fourth-order valence-corrected chi connectivity index (χ4v) is 2.00. The first kappa shape index (κ1) is 15.6. The Morgan fingerprint density at radius 3 is 2.42 bits per heavy atom. The van der Waals surface area contributed by atoms with Crippen molar-refractivity contribution in [3.63, 3.8) is 0 Å². The van der Waals surface area contributed by atoms with Crippen molar-refractivity contribution in [1.82, 2.24) is 10.2 Å². The first-order valence-corrected chi connectivity index (χ1v) is 6.89. The average Bonchev–Trinajstić information content (AvgIpc) is 2.38. The van der Waals surface area contributed by atoms with Crippen LogP contribution in [-0.4, -0.2) is 30.4 Å². The molecule has 0 heterocycles. The lowest BCUT2D eigenvalue weighted by Crippen LogP contribution is -2.37. The van der Waals surface area contributed by atoms with Crippen LogP contribution in [0.3, 0.4) is 0 Å². The minimum Gasteiger partial charge on any atom is -0.351 e. The number of benzene rings is 1. The van der Waals surface area contributed by atoms with Gasteiger partial charge >= 0.3 is 0 Å². The van der Waals surface area contributed by atoms with Crippen LogP contribution < -0.4 is 5.32 Å². The van der Waals surface area contributed by atoms with Gasteiger partial charge in [-0.05, 0) is 32.0 Å². The second-order valence-corrected chi connectivity index (χ2v) is 4.64. The molecule has 0 bridgehead atoms. The van der Waals surface area contributed by atoms with Crippen LogP contribution in [0.2, 0.25) is 0 Å². The van der Waals surface area contributed by atoms with Gasteiger partial charge in [-0.2, -0.15) is 0 Å². The third-order valence-electron chi connectivity index (χ3n) is 2.88. The Morgan fingerprint density at radius 2 is 1.84 bits per heavy atom. The first-order chi connectivity index (χ1) is 9.17. The van der Waals surface area contributed by atoms with Crippen LogP contribution in [-0.2, 0) is 11.3 Å². The molecule has 1 N–H and O–H groups in total. The van der Waals surface area contributed by atoms with Gasteiger partial charge in [0.2, 0.25) is 5.91 Å². The molecule has 19 heavy (non-hydrogen) atoms. The molecule has 0 spiro atoms. The van der Waals surface area contributed by atoms with Crippen LogP contribution in [0.1, 0.15) is 32.3 Å². The van der Waals surface area contributed by atoms with Gasteiger partial charge in [-0.1, -0.05) is 32.0 Å². The Balaban J connectivity index is 2.40. The standard InChI is InChI=1S/C15H23FN2O/c1-3-9-18(10-4-2)12-15(19)17-11-13-7-5-6-8-14(13)16/h5-8H,3-4,9-12H2,1-2H3,(H,17,19). The van der Waals surface area contributed by atoms with Crippen molar-refractivity contribution >= 4 is 5.91 Å². The van der Waals surface area contributed by atoms with Crippen LogP contribution in [0.15, 0.2) is 24.3 Å². The maximum Gasteiger partial charge on any atom is 0.234 e. The second-order valence-electron chi connectivity index (χ2n) is 4.64. The quantitative estimate of drug-likeness (QED) is 0.784. The molecule has 0 aliphatic heterocycles. The number of nitrogens with zero attached hydrogens (tertiary/aromatic N) is 1. The highest BCUT2D eigenvalue weighted by atomic mass is 19.1. The smallest absolute Gasteiger partial charge is 0.234 e. The van der Waals surface area contributed by atoms with E-state index < -0.39 is 0 Å². The zero-order valence-electron chi connectivity index (χ0n) is 11.8. The normalized spacial score (nSPS) is 10.7. The SMILES string of the molecule is CCCN(CCC)CC(=O)NCc1ccccc1F. The van der Waals surface area contributed by atoms with E-state index in [4.69, 9.17) is 0 Å². The summed E-state index contributed by atoms with van der Waals surface area (Å²) >= 11 is 0. The predicted molar refractivity (Wildman–Crippen MR) is 75.3 cm³/mol. The van der Waals surface area contributed by atoms with Crippen LogP contribution in [0.25, 0.3) is 0 Å². The van der Waals surface area contributed by atoms with E-state index in [1.807, 2.05) is 0 Å². The van der Waals surface area contributed by atoms with Gasteiger partial charge in [0.15, 0.2) is 0 Å². The summed E-state index contributed by atoms with van der Waals surface area (Å²) in [5, 5.41) is 2.77. The van der Waals surface area contributed by atoms with E-state index in [0.29, 0.717) is 12.1 Å². The fourth-order valence-electron chi connectivity index (χ4n) is 2.00. The van der Waals surface area contributed by atoms with Gasteiger partial charge in [-0.15, -0.1) is 0 Å². The van der Waals surface area contributed by atoms with Gasteiger partial charge in [0, 0.05) is 12.1 Å². The number of rotatable bonds is 8. The predicted octanol–water partition coefficient (Wildman–Crippen LogP) is 2.56. The number of halogens is 1. The lowest BCUT2D eigenvalue weighted by atomic mass is 10.2. The van der Waals surface area contributed by atoms with Crippen molar-refractivity contribution < 1.29 is 9.18 Å². The van der Waals surface area contributed by atoms with Gasteiger partial charge in [0.05, 0.1) is 6.54 Å². The van der Waals surface area contributed by atoms with Crippen LogP contribution in [0, 0.1) is 5.82 Å². The summed E-state index contributed by atoms with van der Waals surface area (Å²) in [5.74, 6) is -0.327. The van der Waals surface area contributed by atoms with Crippen LogP contribution >= 0.6 is 0 Å². The molecule has 0 fully saturated rings. The van der Waals surface area contributed by atoms with Crippen molar-refractivity contribution in [2.75, 3.05) is 19.6 Å². The molecule has 0 atom stereocenters. The number of carbonyl (C=O) groups is 1. The molecule has 0 radical (unpaired) electrons. The third-order valence-corrected chi connectivity index (χ3v) is 2.88. The molecule has 0 saturated heterocycles. The van der Waals surface area contributed by atoms with E-state index in [2.05, 4.69) is 24.1 Å². The van der Waals surface area contributed by atoms with Crippen molar-refractivity contribution in [1.29, 1.82) is 0 Å². The number of nitrogens with one attached hydrogen (secondary N) is 1. The van der Waals surface area contributed by atoms with Gasteiger partial charge in [0.1, 0.15) is 5.82 Å². The number of carbonyl (C=O) groups excluding carboxylic acids is 1. The Morgan fingerprint density at radius 1 is 1.21 bits per heavy atom. The van der Waals surface area contributed by atoms with E-state index >= 15 is 0 Å². The van der Waals surface area contributed by atoms with Gasteiger partial charge < -0.3 is 5.32 Å². The average molecular weight is 266 g/mol. The molecule has 3 nitrogen and oxygen atoms in total. The van der Waals surface area contributed by atoms with Gasteiger partial charge in [-0.3, -0.25) is 9.69 Å².